The first-order valence-corrected chi connectivity index (χ1v) is 7.53. The third-order valence-electron chi connectivity index (χ3n) is 4.55. The van der Waals surface area contributed by atoms with E-state index >= 15 is 0 Å². The molecule has 1 aliphatic rings. The summed E-state index contributed by atoms with van der Waals surface area (Å²) in [5.74, 6) is -1.14. The number of carbonyl (C=O) groups is 1. The summed E-state index contributed by atoms with van der Waals surface area (Å²) in [4.78, 5) is 13.3. The Labute approximate surface area is 130 Å². The Hall–Kier alpha value is -1.47. The van der Waals surface area contributed by atoms with Crippen molar-refractivity contribution in [1.29, 1.82) is 0 Å². The van der Waals surface area contributed by atoms with Gasteiger partial charge in [-0.3, -0.25) is 9.69 Å². The van der Waals surface area contributed by atoms with Gasteiger partial charge in [0.05, 0.1) is 30.8 Å². The van der Waals surface area contributed by atoms with E-state index in [0.29, 0.717) is 13.0 Å². The Kier molecular flexibility index (Phi) is 5.52. The molecule has 0 aliphatic carbocycles. The number of carbonyl (C=O) groups excluding carboxylic acids is 1. The number of hydrogen-bond acceptors (Lipinski definition) is 5. The van der Waals surface area contributed by atoms with Crippen molar-refractivity contribution >= 4 is 5.91 Å². The van der Waals surface area contributed by atoms with E-state index in [4.69, 9.17) is 5.73 Å². The molecule has 6 nitrogen and oxygen atoms in total. The molecule has 0 spiro atoms. The van der Waals surface area contributed by atoms with Gasteiger partial charge in [-0.2, -0.15) is 0 Å². The molecule has 1 aromatic carbocycles. The molecule has 0 radical (unpaired) electrons. The molecule has 1 aliphatic heterocycles. The Bertz CT molecular complexity index is 496. The number of rotatable bonds is 6. The van der Waals surface area contributed by atoms with Gasteiger partial charge in [-0.15, -0.1) is 0 Å². The minimum absolute atomic E-state index is 0.283. The predicted octanol–water partition coefficient (Wildman–Crippen LogP) is -0.883. The van der Waals surface area contributed by atoms with Crippen molar-refractivity contribution in [3.8, 4) is 0 Å². The molecule has 0 saturated carbocycles. The van der Waals surface area contributed by atoms with Crippen molar-refractivity contribution in [3.05, 3.63) is 35.9 Å². The predicted molar refractivity (Wildman–Crippen MR) is 81.9 cm³/mol. The maximum absolute atomic E-state index is 11.5. The largest absolute Gasteiger partial charge is 0.395 e. The fourth-order valence-corrected chi connectivity index (χ4v) is 3.23. The molecule has 1 saturated heterocycles. The number of primary amides is 1. The van der Waals surface area contributed by atoms with Gasteiger partial charge in [0.2, 0.25) is 5.91 Å². The Morgan fingerprint density at radius 1 is 1.27 bits per heavy atom. The number of amides is 1. The number of hydrogen-bond donors (Lipinski definition) is 4. The molecule has 0 bridgehead atoms. The van der Waals surface area contributed by atoms with Gasteiger partial charge >= 0.3 is 0 Å². The number of nitrogens with two attached hydrogens (primary N) is 1. The van der Waals surface area contributed by atoms with Crippen LogP contribution in [0.15, 0.2) is 30.3 Å². The summed E-state index contributed by atoms with van der Waals surface area (Å²) in [6.45, 7) is 1.87. The molecule has 122 valence electrons. The molecule has 1 aromatic rings. The van der Waals surface area contributed by atoms with Crippen molar-refractivity contribution in [1.82, 2.24) is 4.90 Å². The van der Waals surface area contributed by atoms with E-state index in [9.17, 15) is 20.1 Å². The molecule has 6 heteroatoms. The lowest BCUT2D eigenvalue weighted by atomic mass is 9.95. The van der Waals surface area contributed by atoms with Gasteiger partial charge in [0, 0.05) is 12.6 Å². The topological polar surface area (TPSA) is 107 Å². The third-order valence-corrected chi connectivity index (χ3v) is 4.55. The lowest BCUT2D eigenvalue weighted by molar-refractivity contribution is -0.124. The van der Waals surface area contributed by atoms with Crippen LogP contribution in [0.2, 0.25) is 0 Å². The lowest BCUT2D eigenvalue weighted by Crippen LogP contribution is -2.48. The zero-order chi connectivity index (χ0) is 16.3. The summed E-state index contributed by atoms with van der Waals surface area (Å²) in [5, 5.41) is 29.9. The quantitative estimate of drug-likeness (QED) is 0.546. The molecular weight excluding hydrogens is 284 g/mol. The van der Waals surface area contributed by atoms with Crippen LogP contribution in [-0.4, -0.2) is 63.6 Å². The molecule has 0 aromatic heterocycles. The fraction of sp³-hybridized carbons (Fsp3) is 0.562. The highest BCUT2D eigenvalue weighted by Crippen LogP contribution is 2.30. The van der Waals surface area contributed by atoms with Gasteiger partial charge in [-0.05, 0) is 12.0 Å². The van der Waals surface area contributed by atoms with Gasteiger partial charge in [0.15, 0.2) is 0 Å². The van der Waals surface area contributed by atoms with E-state index in [2.05, 4.69) is 0 Å². The SMILES string of the molecule is CC(C(N)=O)C1C(O)C(O)C(CO)N1CCc1ccccc1. The Balaban J connectivity index is 2.16. The second-order valence-electron chi connectivity index (χ2n) is 5.89. The van der Waals surface area contributed by atoms with Crippen molar-refractivity contribution in [2.24, 2.45) is 11.7 Å². The van der Waals surface area contributed by atoms with Gasteiger partial charge < -0.3 is 21.1 Å². The minimum Gasteiger partial charge on any atom is -0.395 e. The van der Waals surface area contributed by atoms with Crippen LogP contribution in [0.4, 0.5) is 0 Å². The van der Waals surface area contributed by atoms with Crippen LogP contribution < -0.4 is 5.73 Å². The molecule has 5 atom stereocenters. The van der Waals surface area contributed by atoms with E-state index in [0.717, 1.165) is 5.56 Å². The second kappa shape index (κ2) is 7.19. The number of likely N-dealkylation sites (tertiary alicyclic amines) is 1. The lowest BCUT2D eigenvalue weighted by Gasteiger charge is -2.32. The second-order valence-corrected chi connectivity index (χ2v) is 5.89. The van der Waals surface area contributed by atoms with Crippen molar-refractivity contribution in [2.45, 2.75) is 37.6 Å². The molecule has 5 N–H and O–H groups in total. The molecule has 22 heavy (non-hydrogen) atoms. The number of nitrogens with zero attached hydrogens (tertiary/aromatic N) is 1. The third kappa shape index (κ3) is 3.30. The van der Waals surface area contributed by atoms with Crippen LogP contribution in [0.5, 0.6) is 0 Å². The summed E-state index contributed by atoms with van der Waals surface area (Å²) in [6.07, 6.45) is -1.50. The van der Waals surface area contributed by atoms with Crippen molar-refractivity contribution in [2.75, 3.05) is 13.2 Å². The van der Waals surface area contributed by atoms with Gasteiger partial charge in [0.1, 0.15) is 0 Å². The average Bonchev–Trinajstić information content (AvgIpc) is 2.76. The number of aliphatic hydroxyl groups is 3. The van der Waals surface area contributed by atoms with Gasteiger partial charge in [0.25, 0.3) is 0 Å². The summed E-state index contributed by atoms with van der Waals surface area (Å²) in [5.41, 5.74) is 6.47. The number of aliphatic hydroxyl groups excluding tert-OH is 3. The maximum atomic E-state index is 11.5. The Morgan fingerprint density at radius 3 is 2.45 bits per heavy atom. The molecule has 1 heterocycles. The van der Waals surface area contributed by atoms with E-state index < -0.39 is 36.1 Å². The highest BCUT2D eigenvalue weighted by molar-refractivity contribution is 5.77. The van der Waals surface area contributed by atoms with E-state index in [1.54, 1.807) is 11.8 Å². The zero-order valence-corrected chi connectivity index (χ0v) is 12.7. The summed E-state index contributed by atoms with van der Waals surface area (Å²) in [6, 6.07) is 8.61. The average molecular weight is 308 g/mol. The molecular formula is C16H24N2O4. The van der Waals surface area contributed by atoms with Crippen molar-refractivity contribution in [3.63, 3.8) is 0 Å². The number of benzene rings is 1. The summed E-state index contributed by atoms with van der Waals surface area (Å²) >= 11 is 0. The minimum atomic E-state index is -1.10. The smallest absolute Gasteiger partial charge is 0.221 e. The maximum Gasteiger partial charge on any atom is 0.221 e. The highest BCUT2D eigenvalue weighted by atomic mass is 16.3. The standard InChI is InChI=1S/C16H24N2O4/c1-10(16(17)22)13-15(21)14(20)12(9-19)18(13)8-7-11-5-3-2-4-6-11/h2-6,10,12-15,19-21H,7-9H2,1H3,(H2,17,22). The Morgan fingerprint density at radius 2 is 1.91 bits per heavy atom. The fourth-order valence-electron chi connectivity index (χ4n) is 3.23. The first kappa shape index (κ1) is 16.9. The zero-order valence-electron chi connectivity index (χ0n) is 12.7. The van der Waals surface area contributed by atoms with Crippen LogP contribution in [0.1, 0.15) is 12.5 Å². The van der Waals surface area contributed by atoms with Crippen molar-refractivity contribution < 1.29 is 20.1 Å². The first-order chi connectivity index (χ1) is 10.5. The highest BCUT2D eigenvalue weighted by Gasteiger charge is 2.50. The van der Waals surface area contributed by atoms with Crippen LogP contribution in [0.25, 0.3) is 0 Å². The van der Waals surface area contributed by atoms with Crippen LogP contribution in [-0.2, 0) is 11.2 Å². The molecule has 1 fully saturated rings. The summed E-state index contributed by atoms with van der Waals surface area (Å²) in [7, 11) is 0. The van der Waals surface area contributed by atoms with Gasteiger partial charge in [-0.25, -0.2) is 0 Å². The first-order valence-electron chi connectivity index (χ1n) is 7.53. The van der Waals surface area contributed by atoms with E-state index in [1.165, 1.54) is 0 Å². The summed E-state index contributed by atoms with van der Waals surface area (Å²) < 4.78 is 0. The van der Waals surface area contributed by atoms with Crippen LogP contribution >= 0.6 is 0 Å². The molecule has 2 rings (SSSR count). The monoisotopic (exact) mass is 308 g/mol. The van der Waals surface area contributed by atoms with Gasteiger partial charge in [-0.1, -0.05) is 37.3 Å². The molecule has 1 amide bonds. The normalized spacial score (nSPS) is 30.4. The van der Waals surface area contributed by atoms with E-state index in [-0.39, 0.29) is 6.61 Å². The van der Waals surface area contributed by atoms with Crippen LogP contribution in [0, 0.1) is 5.92 Å². The van der Waals surface area contributed by atoms with E-state index in [1.807, 2.05) is 30.3 Å². The molecule has 5 unspecified atom stereocenters. The van der Waals surface area contributed by atoms with Crippen LogP contribution in [0.3, 0.4) is 0 Å².